The van der Waals surface area contributed by atoms with Gasteiger partial charge in [-0.25, -0.2) is 0 Å². The van der Waals surface area contributed by atoms with Gasteiger partial charge in [-0.2, -0.15) is 0 Å². The fraction of sp³-hybridized carbons (Fsp3) is 0.909. The van der Waals surface area contributed by atoms with Crippen molar-refractivity contribution in [3.05, 3.63) is 0 Å². The summed E-state index contributed by atoms with van der Waals surface area (Å²) >= 11 is 0. The first kappa shape index (κ1) is 10.9. The molecule has 4 heteroatoms. The van der Waals surface area contributed by atoms with E-state index >= 15 is 0 Å². The van der Waals surface area contributed by atoms with Gasteiger partial charge in [0.05, 0.1) is 12.0 Å². The van der Waals surface area contributed by atoms with Gasteiger partial charge in [0.25, 0.3) is 0 Å². The van der Waals surface area contributed by atoms with E-state index in [2.05, 4.69) is 5.32 Å². The lowest BCUT2D eigenvalue weighted by atomic mass is 9.97. The van der Waals surface area contributed by atoms with E-state index in [4.69, 9.17) is 0 Å². The first-order valence-electron chi connectivity index (χ1n) is 5.91. The summed E-state index contributed by atoms with van der Waals surface area (Å²) in [5.41, 5.74) is -0.693. The average molecular weight is 212 g/mol. The molecule has 1 saturated heterocycles. The zero-order valence-electron chi connectivity index (χ0n) is 9.17. The van der Waals surface area contributed by atoms with Gasteiger partial charge in [-0.1, -0.05) is 12.8 Å². The van der Waals surface area contributed by atoms with Crippen molar-refractivity contribution >= 4 is 5.91 Å². The highest BCUT2D eigenvalue weighted by Crippen LogP contribution is 2.32. The van der Waals surface area contributed by atoms with Gasteiger partial charge in [-0.05, 0) is 12.8 Å². The normalized spacial score (nSPS) is 25.5. The number of hydrogen-bond donors (Lipinski definition) is 2. The molecule has 0 unspecified atom stereocenters. The number of amides is 1. The number of rotatable bonds is 2. The van der Waals surface area contributed by atoms with E-state index in [0.717, 1.165) is 51.9 Å². The Bertz CT molecular complexity index is 231. The van der Waals surface area contributed by atoms with E-state index in [1.165, 1.54) is 0 Å². The van der Waals surface area contributed by atoms with E-state index in [0.29, 0.717) is 6.42 Å². The maximum absolute atomic E-state index is 11.9. The molecular formula is C11H20N2O2. The van der Waals surface area contributed by atoms with E-state index in [-0.39, 0.29) is 5.91 Å². The summed E-state index contributed by atoms with van der Waals surface area (Å²) < 4.78 is 0. The Hall–Kier alpha value is -0.610. The topological polar surface area (TPSA) is 52.6 Å². The van der Waals surface area contributed by atoms with Crippen molar-refractivity contribution in [2.75, 3.05) is 26.2 Å². The summed E-state index contributed by atoms with van der Waals surface area (Å²) in [6, 6.07) is 0. The first-order valence-corrected chi connectivity index (χ1v) is 5.91. The number of aliphatic hydroxyl groups is 1. The van der Waals surface area contributed by atoms with Crippen LogP contribution in [0, 0.1) is 0 Å². The van der Waals surface area contributed by atoms with Crippen molar-refractivity contribution in [3.63, 3.8) is 0 Å². The summed E-state index contributed by atoms with van der Waals surface area (Å²) in [5.74, 6) is 0.126. The summed E-state index contributed by atoms with van der Waals surface area (Å²) in [7, 11) is 0. The molecule has 1 saturated carbocycles. The van der Waals surface area contributed by atoms with Crippen LogP contribution in [0.5, 0.6) is 0 Å². The van der Waals surface area contributed by atoms with Gasteiger partial charge in [-0.3, -0.25) is 4.79 Å². The number of hydrogen-bond acceptors (Lipinski definition) is 3. The Kier molecular flexibility index (Phi) is 3.26. The zero-order chi connectivity index (χ0) is 10.7. The van der Waals surface area contributed by atoms with Gasteiger partial charge in [0.2, 0.25) is 5.91 Å². The Labute approximate surface area is 90.6 Å². The lowest BCUT2D eigenvalue weighted by molar-refractivity contribution is -0.136. The molecule has 0 spiro atoms. The quantitative estimate of drug-likeness (QED) is 0.683. The molecule has 2 aliphatic rings. The molecular weight excluding hydrogens is 192 g/mol. The van der Waals surface area contributed by atoms with Gasteiger partial charge in [-0.15, -0.1) is 0 Å². The number of nitrogens with zero attached hydrogens (tertiary/aromatic N) is 1. The van der Waals surface area contributed by atoms with Crippen molar-refractivity contribution in [3.8, 4) is 0 Å². The van der Waals surface area contributed by atoms with Crippen molar-refractivity contribution in [2.24, 2.45) is 0 Å². The van der Waals surface area contributed by atoms with Crippen LogP contribution in [-0.2, 0) is 4.79 Å². The molecule has 2 N–H and O–H groups in total. The third-order valence-corrected chi connectivity index (χ3v) is 3.48. The lowest BCUT2D eigenvalue weighted by Gasteiger charge is -2.30. The van der Waals surface area contributed by atoms with Crippen molar-refractivity contribution in [1.82, 2.24) is 10.2 Å². The molecule has 1 aliphatic carbocycles. The Balaban J connectivity index is 1.85. The average Bonchev–Trinajstić information content (AvgIpc) is 2.66. The maximum atomic E-state index is 11.9. The molecule has 0 bridgehead atoms. The van der Waals surface area contributed by atoms with Gasteiger partial charge in [0.15, 0.2) is 0 Å². The molecule has 0 atom stereocenters. The van der Waals surface area contributed by atoms with Crippen LogP contribution in [0.2, 0.25) is 0 Å². The molecule has 2 fully saturated rings. The second-order valence-corrected chi connectivity index (χ2v) is 4.74. The van der Waals surface area contributed by atoms with Crippen molar-refractivity contribution in [1.29, 1.82) is 0 Å². The highest BCUT2D eigenvalue weighted by molar-refractivity contribution is 5.77. The van der Waals surface area contributed by atoms with E-state index < -0.39 is 5.60 Å². The fourth-order valence-corrected chi connectivity index (χ4v) is 2.52. The third-order valence-electron chi connectivity index (χ3n) is 3.48. The van der Waals surface area contributed by atoms with Crippen LogP contribution in [-0.4, -0.2) is 47.7 Å². The molecule has 0 aromatic rings. The van der Waals surface area contributed by atoms with Crippen LogP contribution in [0.25, 0.3) is 0 Å². The van der Waals surface area contributed by atoms with Gasteiger partial charge >= 0.3 is 0 Å². The Morgan fingerprint density at radius 3 is 2.47 bits per heavy atom. The predicted molar refractivity (Wildman–Crippen MR) is 57.5 cm³/mol. The SMILES string of the molecule is O=C(CC1(O)CCCC1)N1CCNCC1. The Morgan fingerprint density at radius 2 is 1.87 bits per heavy atom. The van der Waals surface area contributed by atoms with Crippen molar-refractivity contribution in [2.45, 2.75) is 37.7 Å². The third kappa shape index (κ3) is 2.69. The highest BCUT2D eigenvalue weighted by atomic mass is 16.3. The van der Waals surface area contributed by atoms with E-state index in [1.807, 2.05) is 4.90 Å². The number of piperazine rings is 1. The highest BCUT2D eigenvalue weighted by Gasteiger charge is 2.34. The van der Waals surface area contributed by atoms with E-state index in [9.17, 15) is 9.90 Å². The lowest BCUT2D eigenvalue weighted by Crippen LogP contribution is -2.48. The van der Waals surface area contributed by atoms with Crippen LogP contribution in [0.4, 0.5) is 0 Å². The van der Waals surface area contributed by atoms with Crippen LogP contribution in [0.1, 0.15) is 32.1 Å². The Morgan fingerprint density at radius 1 is 1.27 bits per heavy atom. The minimum atomic E-state index is -0.693. The molecule has 1 aliphatic heterocycles. The summed E-state index contributed by atoms with van der Waals surface area (Å²) in [6.07, 6.45) is 4.04. The van der Waals surface area contributed by atoms with Crippen LogP contribution < -0.4 is 5.32 Å². The number of carbonyl (C=O) groups excluding carboxylic acids is 1. The molecule has 4 nitrogen and oxygen atoms in total. The number of carbonyl (C=O) groups is 1. The van der Waals surface area contributed by atoms with Gasteiger partial charge in [0.1, 0.15) is 0 Å². The number of nitrogens with one attached hydrogen (secondary N) is 1. The van der Waals surface area contributed by atoms with E-state index in [1.54, 1.807) is 0 Å². The zero-order valence-corrected chi connectivity index (χ0v) is 9.17. The van der Waals surface area contributed by atoms with Crippen molar-refractivity contribution < 1.29 is 9.90 Å². The first-order chi connectivity index (χ1) is 7.20. The molecule has 15 heavy (non-hydrogen) atoms. The second kappa shape index (κ2) is 4.49. The monoisotopic (exact) mass is 212 g/mol. The minimum Gasteiger partial charge on any atom is -0.389 e. The predicted octanol–water partition coefficient (Wildman–Crippen LogP) is 0.113. The van der Waals surface area contributed by atoms with Crippen LogP contribution in [0.15, 0.2) is 0 Å². The molecule has 0 aromatic carbocycles. The van der Waals surface area contributed by atoms with Crippen LogP contribution in [0.3, 0.4) is 0 Å². The summed E-state index contributed by atoms with van der Waals surface area (Å²) in [4.78, 5) is 13.8. The maximum Gasteiger partial charge on any atom is 0.225 e. The summed E-state index contributed by atoms with van der Waals surface area (Å²) in [5, 5.41) is 13.3. The largest absolute Gasteiger partial charge is 0.389 e. The molecule has 0 aromatic heterocycles. The van der Waals surface area contributed by atoms with Gasteiger partial charge < -0.3 is 15.3 Å². The minimum absolute atomic E-state index is 0.126. The molecule has 0 radical (unpaired) electrons. The molecule has 1 amide bonds. The summed E-state index contributed by atoms with van der Waals surface area (Å²) in [6.45, 7) is 3.33. The fourth-order valence-electron chi connectivity index (χ4n) is 2.52. The molecule has 2 rings (SSSR count). The smallest absolute Gasteiger partial charge is 0.225 e. The molecule has 86 valence electrons. The molecule has 1 heterocycles. The standard InChI is InChI=1S/C11H20N2O2/c14-10(13-7-5-12-6-8-13)9-11(15)3-1-2-4-11/h12,15H,1-9H2. The second-order valence-electron chi connectivity index (χ2n) is 4.74. The van der Waals surface area contributed by atoms with Crippen LogP contribution >= 0.6 is 0 Å². The van der Waals surface area contributed by atoms with Gasteiger partial charge in [0, 0.05) is 26.2 Å².